The SMILES string of the molecule is COC(=O)c1cnc(OCC2CCCCCC2)cn1. The topological polar surface area (TPSA) is 61.3 Å². The van der Waals surface area contributed by atoms with Gasteiger partial charge in [-0.05, 0) is 18.8 Å². The molecular formula is C14H20N2O3. The van der Waals surface area contributed by atoms with Crippen molar-refractivity contribution in [3.63, 3.8) is 0 Å². The molecule has 1 aliphatic rings. The lowest BCUT2D eigenvalue weighted by Crippen LogP contribution is -2.12. The minimum absolute atomic E-state index is 0.198. The van der Waals surface area contributed by atoms with Crippen LogP contribution in [0, 0.1) is 5.92 Å². The number of aromatic nitrogens is 2. The van der Waals surface area contributed by atoms with E-state index < -0.39 is 5.97 Å². The molecule has 104 valence electrons. The minimum Gasteiger partial charge on any atom is -0.476 e. The minimum atomic E-state index is -0.484. The van der Waals surface area contributed by atoms with Crippen molar-refractivity contribution >= 4 is 5.97 Å². The van der Waals surface area contributed by atoms with Gasteiger partial charge in [0, 0.05) is 0 Å². The number of esters is 1. The van der Waals surface area contributed by atoms with Gasteiger partial charge in [-0.2, -0.15) is 0 Å². The summed E-state index contributed by atoms with van der Waals surface area (Å²) in [7, 11) is 1.32. The van der Waals surface area contributed by atoms with Gasteiger partial charge in [-0.25, -0.2) is 14.8 Å². The quantitative estimate of drug-likeness (QED) is 0.618. The number of ether oxygens (including phenoxy) is 2. The molecule has 0 spiro atoms. The zero-order valence-corrected chi connectivity index (χ0v) is 11.3. The fourth-order valence-corrected chi connectivity index (χ4v) is 2.33. The van der Waals surface area contributed by atoms with Crippen molar-refractivity contribution in [2.24, 2.45) is 5.92 Å². The molecule has 0 aromatic carbocycles. The Hall–Kier alpha value is -1.65. The third kappa shape index (κ3) is 4.19. The van der Waals surface area contributed by atoms with Crippen LogP contribution in [0.3, 0.4) is 0 Å². The highest BCUT2D eigenvalue weighted by molar-refractivity contribution is 5.86. The molecule has 0 radical (unpaired) electrons. The second-order valence-corrected chi connectivity index (χ2v) is 4.90. The second-order valence-electron chi connectivity index (χ2n) is 4.90. The van der Waals surface area contributed by atoms with Crippen molar-refractivity contribution in [2.75, 3.05) is 13.7 Å². The Balaban J connectivity index is 1.83. The molecule has 1 aromatic heterocycles. The van der Waals surface area contributed by atoms with Gasteiger partial charge in [-0.3, -0.25) is 0 Å². The highest BCUT2D eigenvalue weighted by Crippen LogP contribution is 2.23. The van der Waals surface area contributed by atoms with Crippen molar-refractivity contribution in [3.05, 3.63) is 18.1 Å². The van der Waals surface area contributed by atoms with Crippen LogP contribution in [0.5, 0.6) is 5.88 Å². The monoisotopic (exact) mass is 264 g/mol. The van der Waals surface area contributed by atoms with Crippen molar-refractivity contribution in [2.45, 2.75) is 38.5 Å². The molecule has 1 heterocycles. The summed E-state index contributed by atoms with van der Waals surface area (Å²) in [5.41, 5.74) is 0.198. The average molecular weight is 264 g/mol. The zero-order valence-electron chi connectivity index (χ0n) is 11.3. The molecular weight excluding hydrogens is 244 g/mol. The maximum atomic E-state index is 11.2. The Morgan fingerprint density at radius 3 is 2.53 bits per heavy atom. The number of hydrogen-bond acceptors (Lipinski definition) is 5. The lowest BCUT2D eigenvalue weighted by Gasteiger charge is -2.14. The zero-order chi connectivity index (χ0) is 13.5. The largest absolute Gasteiger partial charge is 0.476 e. The Morgan fingerprint density at radius 1 is 1.21 bits per heavy atom. The van der Waals surface area contributed by atoms with E-state index in [0.29, 0.717) is 18.4 Å². The van der Waals surface area contributed by atoms with E-state index in [9.17, 15) is 4.79 Å². The molecule has 0 amide bonds. The molecule has 1 saturated carbocycles. The van der Waals surface area contributed by atoms with Crippen molar-refractivity contribution in [3.8, 4) is 5.88 Å². The summed E-state index contributed by atoms with van der Waals surface area (Å²) in [6.45, 7) is 0.687. The van der Waals surface area contributed by atoms with Crippen LogP contribution < -0.4 is 4.74 Å². The number of nitrogens with zero attached hydrogens (tertiary/aromatic N) is 2. The summed E-state index contributed by atoms with van der Waals surface area (Å²) in [5.74, 6) is 0.601. The van der Waals surface area contributed by atoms with Gasteiger partial charge < -0.3 is 9.47 Å². The maximum absolute atomic E-state index is 11.2. The Morgan fingerprint density at radius 2 is 1.95 bits per heavy atom. The van der Waals surface area contributed by atoms with Gasteiger partial charge in [0.15, 0.2) is 5.69 Å². The smallest absolute Gasteiger partial charge is 0.358 e. The highest BCUT2D eigenvalue weighted by Gasteiger charge is 2.14. The van der Waals surface area contributed by atoms with Crippen LogP contribution in [0.4, 0.5) is 0 Å². The first kappa shape index (κ1) is 13.8. The van der Waals surface area contributed by atoms with Crippen LogP contribution >= 0.6 is 0 Å². The third-order valence-electron chi connectivity index (χ3n) is 3.46. The van der Waals surface area contributed by atoms with Crippen LogP contribution in [0.15, 0.2) is 12.4 Å². The van der Waals surface area contributed by atoms with Gasteiger partial charge in [0.05, 0.1) is 26.1 Å². The van der Waals surface area contributed by atoms with Crippen molar-refractivity contribution in [1.29, 1.82) is 0 Å². The predicted octanol–water partition coefficient (Wildman–Crippen LogP) is 2.61. The van der Waals surface area contributed by atoms with Crippen LogP contribution in [0.2, 0.25) is 0 Å². The summed E-state index contributed by atoms with van der Waals surface area (Å²) >= 11 is 0. The number of methoxy groups -OCH3 is 1. The summed E-state index contributed by atoms with van der Waals surface area (Å²) in [5, 5.41) is 0. The Labute approximate surface area is 113 Å². The van der Waals surface area contributed by atoms with Gasteiger partial charge in [-0.1, -0.05) is 25.7 Å². The molecule has 1 fully saturated rings. The van der Waals surface area contributed by atoms with E-state index in [1.54, 1.807) is 0 Å². The maximum Gasteiger partial charge on any atom is 0.358 e. The van der Waals surface area contributed by atoms with E-state index in [4.69, 9.17) is 4.74 Å². The first-order valence-corrected chi connectivity index (χ1v) is 6.83. The fourth-order valence-electron chi connectivity index (χ4n) is 2.33. The predicted molar refractivity (Wildman–Crippen MR) is 70.1 cm³/mol. The van der Waals surface area contributed by atoms with Gasteiger partial charge in [0.25, 0.3) is 0 Å². The fraction of sp³-hybridized carbons (Fsp3) is 0.643. The van der Waals surface area contributed by atoms with Gasteiger partial charge in [0.2, 0.25) is 5.88 Å². The van der Waals surface area contributed by atoms with Crippen LogP contribution in [0.1, 0.15) is 49.0 Å². The Kier molecular flexibility index (Phi) is 5.12. The van der Waals surface area contributed by atoms with E-state index in [-0.39, 0.29) is 5.69 Å². The normalized spacial score (nSPS) is 16.7. The van der Waals surface area contributed by atoms with Crippen molar-refractivity contribution in [1.82, 2.24) is 9.97 Å². The molecule has 0 saturated heterocycles. The highest BCUT2D eigenvalue weighted by atomic mass is 16.5. The van der Waals surface area contributed by atoms with E-state index >= 15 is 0 Å². The lowest BCUT2D eigenvalue weighted by atomic mass is 10.0. The number of rotatable bonds is 4. The standard InChI is InChI=1S/C14H20N2O3/c1-18-14(17)12-8-16-13(9-15-12)19-10-11-6-4-2-3-5-7-11/h8-9,11H,2-7,10H2,1H3. The molecule has 5 nitrogen and oxygen atoms in total. The summed E-state index contributed by atoms with van der Waals surface area (Å²) in [4.78, 5) is 19.2. The summed E-state index contributed by atoms with van der Waals surface area (Å²) in [6, 6.07) is 0. The van der Waals surface area contributed by atoms with Crippen molar-refractivity contribution < 1.29 is 14.3 Å². The van der Waals surface area contributed by atoms with E-state index in [1.807, 2.05) is 0 Å². The molecule has 0 bridgehead atoms. The first-order chi connectivity index (χ1) is 9.29. The molecule has 2 rings (SSSR count). The van der Waals surface area contributed by atoms with E-state index in [1.165, 1.54) is 58.0 Å². The third-order valence-corrected chi connectivity index (χ3v) is 3.46. The van der Waals surface area contributed by atoms with Gasteiger partial charge >= 0.3 is 5.97 Å². The molecule has 0 atom stereocenters. The van der Waals surface area contributed by atoms with Gasteiger partial charge in [0.1, 0.15) is 0 Å². The summed E-state index contributed by atoms with van der Waals surface area (Å²) < 4.78 is 10.2. The first-order valence-electron chi connectivity index (χ1n) is 6.83. The molecule has 19 heavy (non-hydrogen) atoms. The second kappa shape index (κ2) is 7.07. The molecule has 1 aromatic rings. The van der Waals surface area contributed by atoms with Crippen LogP contribution in [0.25, 0.3) is 0 Å². The van der Waals surface area contributed by atoms with Crippen LogP contribution in [-0.2, 0) is 4.74 Å². The summed E-state index contributed by atoms with van der Waals surface area (Å²) in [6.07, 6.45) is 10.6. The molecule has 0 unspecified atom stereocenters. The van der Waals surface area contributed by atoms with Crippen LogP contribution in [-0.4, -0.2) is 29.7 Å². The average Bonchev–Trinajstić information content (AvgIpc) is 2.73. The lowest BCUT2D eigenvalue weighted by molar-refractivity contribution is 0.0593. The number of carbonyl (C=O) groups is 1. The van der Waals surface area contributed by atoms with E-state index in [0.717, 1.165) is 0 Å². The van der Waals surface area contributed by atoms with E-state index in [2.05, 4.69) is 14.7 Å². The number of carbonyl (C=O) groups excluding carboxylic acids is 1. The molecule has 0 N–H and O–H groups in total. The molecule has 5 heteroatoms. The number of hydrogen-bond donors (Lipinski definition) is 0. The Bertz CT molecular complexity index is 398. The van der Waals surface area contributed by atoms with Gasteiger partial charge in [-0.15, -0.1) is 0 Å². The molecule has 1 aliphatic carbocycles. The molecule has 0 aliphatic heterocycles.